The molecule has 1 aromatic carbocycles. The van der Waals surface area contributed by atoms with Gasteiger partial charge in [0.1, 0.15) is 23.2 Å². The van der Waals surface area contributed by atoms with Crippen LogP contribution in [0.2, 0.25) is 0 Å². The molecule has 3 aromatic rings. The van der Waals surface area contributed by atoms with E-state index >= 15 is 0 Å². The summed E-state index contributed by atoms with van der Waals surface area (Å²) in [6.45, 7) is 2.02. The van der Waals surface area contributed by atoms with Crippen LogP contribution in [0.15, 0.2) is 28.7 Å². The summed E-state index contributed by atoms with van der Waals surface area (Å²) < 4.78 is 50.6. The van der Waals surface area contributed by atoms with E-state index in [1.165, 1.54) is 24.1 Å². The minimum absolute atomic E-state index is 0.00158. The Morgan fingerprint density at radius 3 is 2.70 bits per heavy atom. The number of carbonyl (C=O) groups is 2. The number of nitrogens with two attached hydrogens (primary N) is 1. The summed E-state index contributed by atoms with van der Waals surface area (Å²) in [6, 6.07) is 3.87. The highest BCUT2D eigenvalue weighted by Gasteiger charge is 2.35. The molecule has 1 unspecified atom stereocenters. The number of rotatable bonds is 5. The number of amides is 1. The van der Waals surface area contributed by atoms with Crippen LogP contribution in [0, 0.1) is 0 Å². The lowest BCUT2D eigenvalue weighted by atomic mass is 10.1. The standard InChI is InChI=1S/C22H21F3N4O4/c1-11(26)19-18(21(31)29-9-3-4-12(29)10-30)28-20(33-19)14-5-7-15(32-2)17-13(14)6-8-16(27-17)22(23,24)25/h5-8,10-12H,3-4,9,26H2,1-2H3/t11?,12-/m0/s1. The number of ether oxygens (including phenoxy) is 1. The van der Waals surface area contributed by atoms with Crippen molar-refractivity contribution in [3.63, 3.8) is 0 Å². The summed E-state index contributed by atoms with van der Waals surface area (Å²) in [6.07, 6.45) is -2.67. The zero-order valence-corrected chi connectivity index (χ0v) is 17.8. The van der Waals surface area contributed by atoms with Gasteiger partial charge in [-0.15, -0.1) is 0 Å². The normalized spacial score (nSPS) is 17.4. The summed E-state index contributed by atoms with van der Waals surface area (Å²) >= 11 is 0. The lowest BCUT2D eigenvalue weighted by Gasteiger charge is -2.19. The first-order valence-electron chi connectivity index (χ1n) is 10.2. The third kappa shape index (κ3) is 4.04. The Balaban J connectivity index is 1.86. The van der Waals surface area contributed by atoms with Gasteiger partial charge in [0.15, 0.2) is 11.5 Å². The van der Waals surface area contributed by atoms with Gasteiger partial charge in [-0.05, 0) is 44.0 Å². The zero-order valence-electron chi connectivity index (χ0n) is 17.8. The van der Waals surface area contributed by atoms with E-state index in [9.17, 15) is 22.8 Å². The molecule has 2 N–H and O–H groups in total. The molecular weight excluding hydrogens is 441 g/mol. The van der Waals surface area contributed by atoms with Crippen LogP contribution in [0.25, 0.3) is 22.4 Å². The van der Waals surface area contributed by atoms with Crippen molar-refractivity contribution in [3.8, 4) is 17.2 Å². The Bertz CT molecular complexity index is 1220. The fourth-order valence-corrected chi connectivity index (χ4v) is 3.93. The van der Waals surface area contributed by atoms with Crippen LogP contribution in [-0.2, 0) is 11.0 Å². The van der Waals surface area contributed by atoms with Crippen LogP contribution >= 0.6 is 0 Å². The predicted molar refractivity (Wildman–Crippen MR) is 112 cm³/mol. The molecule has 11 heteroatoms. The molecule has 0 bridgehead atoms. The molecule has 1 aliphatic heterocycles. The summed E-state index contributed by atoms with van der Waals surface area (Å²) in [5, 5.41) is 0.297. The van der Waals surface area contributed by atoms with Gasteiger partial charge in [0.25, 0.3) is 5.91 Å². The Morgan fingerprint density at radius 2 is 2.06 bits per heavy atom. The van der Waals surface area contributed by atoms with Crippen molar-refractivity contribution in [2.75, 3.05) is 13.7 Å². The van der Waals surface area contributed by atoms with Crippen molar-refractivity contribution < 1.29 is 31.9 Å². The van der Waals surface area contributed by atoms with Crippen LogP contribution in [0.4, 0.5) is 13.2 Å². The molecule has 0 radical (unpaired) electrons. The number of carbonyl (C=O) groups excluding carboxylic acids is 2. The van der Waals surface area contributed by atoms with Crippen molar-refractivity contribution in [3.05, 3.63) is 41.4 Å². The van der Waals surface area contributed by atoms with E-state index in [-0.39, 0.29) is 28.6 Å². The van der Waals surface area contributed by atoms with Crippen LogP contribution in [0.3, 0.4) is 0 Å². The van der Waals surface area contributed by atoms with Gasteiger partial charge < -0.3 is 24.6 Å². The third-order valence-corrected chi connectivity index (χ3v) is 5.55. The quantitative estimate of drug-likeness (QED) is 0.575. The number of aromatic nitrogens is 2. The Morgan fingerprint density at radius 1 is 1.30 bits per heavy atom. The second-order valence-electron chi connectivity index (χ2n) is 7.77. The van der Waals surface area contributed by atoms with E-state index in [2.05, 4.69) is 9.97 Å². The van der Waals surface area contributed by atoms with Gasteiger partial charge >= 0.3 is 6.18 Å². The van der Waals surface area contributed by atoms with Gasteiger partial charge in [0.05, 0.1) is 19.2 Å². The average molecular weight is 462 g/mol. The van der Waals surface area contributed by atoms with Crippen LogP contribution in [0.1, 0.15) is 47.7 Å². The van der Waals surface area contributed by atoms with E-state index in [0.717, 1.165) is 12.4 Å². The summed E-state index contributed by atoms with van der Waals surface area (Å²) in [5.74, 6) is -0.222. The first-order valence-corrected chi connectivity index (χ1v) is 10.2. The highest BCUT2D eigenvalue weighted by molar-refractivity contribution is 5.98. The van der Waals surface area contributed by atoms with Gasteiger partial charge in [0.2, 0.25) is 5.89 Å². The van der Waals surface area contributed by atoms with Gasteiger partial charge in [0, 0.05) is 17.5 Å². The number of methoxy groups -OCH3 is 1. The summed E-state index contributed by atoms with van der Waals surface area (Å²) in [4.78, 5) is 34.0. The second kappa shape index (κ2) is 8.47. The smallest absolute Gasteiger partial charge is 0.433 e. The summed E-state index contributed by atoms with van der Waals surface area (Å²) in [5.41, 5.74) is 5.20. The van der Waals surface area contributed by atoms with Crippen LogP contribution < -0.4 is 10.5 Å². The minimum Gasteiger partial charge on any atom is -0.494 e. The SMILES string of the molecule is COc1ccc(-c2nc(C(=O)N3CCC[C@H]3C=O)c(C(C)N)o2)c2ccc(C(F)(F)F)nc12. The van der Waals surface area contributed by atoms with Crippen molar-refractivity contribution in [2.45, 2.75) is 38.0 Å². The second-order valence-corrected chi connectivity index (χ2v) is 7.77. The van der Waals surface area contributed by atoms with Gasteiger partial charge in [-0.25, -0.2) is 9.97 Å². The number of benzene rings is 1. The van der Waals surface area contributed by atoms with E-state index in [1.54, 1.807) is 13.0 Å². The van der Waals surface area contributed by atoms with E-state index in [1.807, 2.05) is 0 Å². The maximum absolute atomic E-state index is 13.2. The molecule has 1 fully saturated rings. The first-order chi connectivity index (χ1) is 15.7. The molecule has 4 rings (SSSR count). The zero-order chi connectivity index (χ0) is 23.9. The molecule has 174 valence electrons. The maximum Gasteiger partial charge on any atom is 0.433 e. The monoisotopic (exact) mass is 462 g/mol. The fourth-order valence-electron chi connectivity index (χ4n) is 3.93. The number of oxazole rings is 1. The highest BCUT2D eigenvalue weighted by Crippen LogP contribution is 2.37. The molecule has 1 saturated heterocycles. The lowest BCUT2D eigenvalue weighted by molar-refractivity contribution is -0.141. The minimum atomic E-state index is -4.63. The summed E-state index contributed by atoms with van der Waals surface area (Å²) in [7, 11) is 1.33. The Hall–Kier alpha value is -3.47. The highest BCUT2D eigenvalue weighted by atomic mass is 19.4. The number of halogens is 3. The number of pyridine rings is 1. The number of aldehydes is 1. The van der Waals surface area contributed by atoms with Gasteiger partial charge in [-0.3, -0.25) is 4.79 Å². The predicted octanol–water partition coefficient (Wildman–Crippen LogP) is 3.74. The average Bonchev–Trinajstić information content (AvgIpc) is 3.44. The largest absolute Gasteiger partial charge is 0.494 e. The van der Waals surface area contributed by atoms with Crippen LogP contribution in [-0.4, -0.2) is 46.8 Å². The van der Waals surface area contributed by atoms with Crippen molar-refractivity contribution in [2.24, 2.45) is 5.73 Å². The molecule has 0 spiro atoms. The molecule has 1 aliphatic rings. The number of fused-ring (bicyclic) bond motifs is 1. The van der Waals surface area contributed by atoms with E-state index in [4.69, 9.17) is 14.9 Å². The topological polar surface area (TPSA) is 112 Å². The molecule has 33 heavy (non-hydrogen) atoms. The Labute approximate surface area is 186 Å². The lowest BCUT2D eigenvalue weighted by Crippen LogP contribution is -2.37. The molecule has 8 nitrogen and oxygen atoms in total. The molecule has 0 aliphatic carbocycles. The molecular formula is C22H21F3N4O4. The van der Waals surface area contributed by atoms with Crippen molar-refractivity contribution in [1.82, 2.24) is 14.9 Å². The van der Waals surface area contributed by atoms with Crippen LogP contribution in [0.5, 0.6) is 5.75 Å². The maximum atomic E-state index is 13.2. The number of likely N-dealkylation sites (tertiary alicyclic amines) is 1. The number of hydrogen-bond donors (Lipinski definition) is 1. The molecule has 2 aromatic heterocycles. The van der Waals surface area contributed by atoms with Crippen molar-refractivity contribution >= 4 is 23.1 Å². The number of nitrogens with zero attached hydrogens (tertiary/aromatic N) is 3. The molecule has 1 amide bonds. The van der Waals surface area contributed by atoms with Gasteiger partial charge in [-0.1, -0.05) is 0 Å². The van der Waals surface area contributed by atoms with Gasteiger partial charge in [-0.2, -0.15) is 13.2 Å². The molecule has 0 saturated carbocycles. The number of alkyl halides is 3. The van der Waals surface area contributed by atoms with E-state index < -0.39 is 29.9 Å². The van der Waals surface area contributed by atoms with E-state index in [0.29, 0.717) is 30.3 Å². The third-order valence-electron chi connectivity index (χ3n) is 5.55. The fraction of sp³-hybridized carbons (Fsp3) is 0.364. The van der Waals surface area contributed by atoms with Crippen molar-refractivity contribution in [1.29, 1.82) is 0 Å². The molecule has 3 heterocycles. The Kier molecular flexibility index (Phi) is 5.83. The first kappa shape index (κ1) is 22.7. The molecule has 2 atom stereocenters. The number of hydrogen-bond acceptors (Lipinski definition) is 7.